The summed E-state index contributed by atoms with van der Waals surface area (Å²) in [6.07, 6.45) is 2.65. The topological polar surface area (TPSA) is 60.9 Å². The van der Waals surface area contributed by atoms with Gasteiger partial charge in [-0.25, -0.2) is 8.42 Å². The van der Waals surface area contributed by atoms with E-state index in [1.165, 1.54) is 16.8 Å². The molecule has 32 heavy (non-hydrogen) atoms. The van der Waals surface area contributed by atoms with Crippen molar-refractivity contribution in [1.82, 2.24) is 4.31 Å². The number of benzene rings is 2. The summed E-state index contributed by atoms with van der Waals surface area (Å²) in [4.78, 5) is 17.2. The Kier molecular flexibility index (Phi) is 5.29. The van der Waals surface area contributed by atoms with Crippen LogP contribution in [0.3, 0.4) is 0 Å². The van der Waals surface area contributed by atoms with E-state index in [1.807, 2.05) is 17.9 Å². The van der Waals surface area contributed by atoms with Gasteiger partial charge < -0.3 is 9.80 Å². The number of anilines is 2. The third-order valence-electron chi connectivity index (χ3n) is 7.01. The van der Waals surface area contributed by atoms with Crippen molar-refractivity contribution >= 4 is 27.3 Å². The van der Waals surface area contributed by atoms with Crippen LogP contribution >= 0.6 is 0 Å². The number of rotatable bonds is 4. The van der Waals surface area contributed by atoms with Crippen LogP contribution in [0.5, 0.6) is 0 Å². The lowest BCUT2D eigenvalue weighted by atomic mass is 10.1. The zero-order valence-electron chi connectivity index (χ0n) is 19.0. The number of hydrogen-bond acceptors (Lipinski definition) is 4. The van der Waals surface area contributed by atoms with E-state index < -0.39 is 10.0 Å². The maximum atomic E-state index is 13.4. The molecule has 1 atom stereocenters. The van der Waals surface area contributed by atoms with Crippen molar-refractivity contribution in [3.63, 3.8) is 0 Å². The number of carbonyl (C=O) groups excluding carboxylic acids is 1. The normalized spacial score (nSPS) is 21.7. The second-order valence-electron chi connectivity index (χ2n) is 9.51. The third-order valence-corrected chi connectivity index (χ3v) is 8.91. The lowest BCUT2D eigenvalue weighted by molar-refractivity contribution is -0.120. The monoisotopic (exact) mass is 453 g/mol. The number of sulfonamides is 1. The molecule has 0 N–H and O–H groups in total. The molecule has 5 rings (SSSR count). The summed E-state index contributed by atoms with van der Waals surface area (Å²) < 4.78 is 28.4. The van der Waals surface area contributed by atoms with Crippen LogP contribution in [0.2, 0.25) is 0 Å². The zero-order valence-corrected chi connectivity index (χ0v) is 19.9. The Hall–Kier alpha value is -2.38. The Morgan fingerprint density at radius 2 is 1.66 bits per heavy atom. The average Bonchev–Trinajstić information content (AvgIpc) is 3.57. The maximum absolute atomic E-state index is 13.4. The molecule has 7 heteroatoms. The third kappa shape index (κ3) is 3.71. The van der Waals surface area contributed by atoms with E-state index in [0.29, 0.717) is 37.5 Å². The van der Waals surface area contributed by atoms with Crippen LogP contribution in [0.15, 0.2) is 41.3 Å². The van der Waals surface area contributed by atoms with Crippen LogP contribution < -0.4 is 9.80 Å². The fraction of sp³-hybridized carbons (Fsp3) is 0.480. The van der Waals surface area contributed by atoms with Crippen molar-refractivity contribution in [1.29, 1.82) is 0 Å². The van der Waals surface area contributed by atoms with E-state index in [2.05, 4.69) is 36.9 Å². The van der Waals surface area contributed by atoms with E-state index in [1.54, 1.807) is 16.4 Å². The summed E-state index contributed by atoms with van der Waals surface area (Å²) in [7, 11) is -3.56. The Morgan fingerprint density at radius 3 is 2.34 bits per heavy atom. The highest BCUT2D eigenvalue weighted by Gasteiger charge is 2.40. The standard InChI is InChI=1S/C25H31N3O3S/c1-17-4-5-18(2)24(14-17)26-10-12-27(13-11-26)32(30,31)22-8-9-23-21(16-22)15-19(3)28(23)25(29)20-6-7-20/h4-5,8-9,14,16,19-20H,6-7,10-13,15H2,1-3H3/t19-/m0/s1. The van der Waals surface area contributed by atoms with Crippen molar-refractivity contribution in [3.8, 4) is 0 Å². The van der Waals surface area contributed by atoms with E-state index in [0.717, 1.165) is 24.1 Å². The van der Waals surface area contributed by atoms with Crippen LogP contribution in [0.1, 0.15) is 36.5 Å². The second kappa shape index (κ2) is 7.89. The summed E-state index contributed by atoms with van der Waals surface area (Å²) in [5.41, 5.74) is 5.45. The average molecular weight is 454 g/mol. The fourth-order valence-corrected chi connectivity index (χ4v) is 6.48. The lowest BCUT2D eigenvalue weighted by Gasteiger charge is -2.36. The largest absolute Gasteiger partial charge is 0.369 e. The van der Waals surface area contributed by atoms with Gasteiger partial charge in [-0.3, -0.25) is 4.79 Å². The molecular formula is C25H31N3O3S. The Balaban J connectivity index is 1.33. The summed E-state index contributed by atoms with van der Waals surface area (Å²) in [6, 6.07) is 11.8. The van der Waals surface area contributed by atoms with E-state index in [9.17, 15) is 13.2 Å². The van der Waals surface area contributed by atoms with Gasteiger partial charge in [-0.05, 0) is 81.0 Å². The van der Waals surface area contributed by atoms with Crippen LogP contribution in [0.4, 0.5) is 11.4 Å². The molecule has 3 aliphatic rings. The summed E-state index contributed by atoms with van der Waals surface area (Å²) in [6.45, 7) is 8.51. The molecule has 170 valence electrons. The van der Waals surface area contributed by atoms with Crippen molar-refractivity contribution in [2.24, 2.45) is 5.92 Å². The van der Waals surface area contributed by atoms with Gasteiger partial charge in [0.15, 0.2) is 0 Å². The van der Waals surface area contributed by atoms with E-state index in [-0.39, 0.29) is 17.9 Å². The molecular weight excluding hydrogens is 422 g/mol. The first-order valence-corrected chi connectivity index (χ1v) is 13.0. The minimum atomic E-state index is -3.56. The minimum absolute atomic E-state index is 0.0807. The summed E-state index contributed by atoms with van der Waals surface area (Å²) >= 11 is 0. The Labute approximate surface area is 190 Å². The van der Waals surface area contributed by atoms with Gasteiger partial charge in [0.2, 0.25) is 15.9 Å². The number of carbonyl (C=O) groups is 1. The molecule has 0 radical (unpaired) electrons. The smallest absolute Gasteiger partial charge is 0.243 e. The predicted molar refractivity (Wildman–Crippen MR) is 127 cm³/mol. The lowest BCUT2D eigenvalue weighted by Crippen LogP contribution is -2.48. The van der Waals surface area contributed by atoms with Gasteiger partial charge in [-0.15, -0.1) is 0 Å². The first kappa shape index (κ1) is 21.5. The number of nitrogens with zero attached hydrogens (tertiary/aromatic N) is 3. The summed E-state index contributed by atoms with van der Waals surface area (Å²) in [5.74, 6) is 0.342. The molecule has 1 aliphatic carbocycles. The molecule has 1 saturated carbocycles. The molecule has 2 fully saturated rings. The number of aryl methyl sites for hydroxylation is 2. The first-order chi connectivity index (χ1) is 15.3. The molecule has 2 aromatic rings. The predicted octanol–water partition coefficient (Wildman–Crippen LogP) is 3.50. The van der Waals surface area contributed by atoms with Gasteiger partial charge in [0.1, 0.15) is 0 Å². The number of amides is 1. The molecule has 2 aromatic carbocycles. The molecule has 1 amide bonds. The molecule has 0 bridgehead atoms. The van der Waals surface area contributed by atoms with Gasteiger partial charge >= 0.3 is 0 Å². The number of hydrogen-bond donors (Lipinski definition) is 0. The highest BCUT2D eigenvalue weighted by atomic mass is 32.2. The highest BCUT2D eigenvalue weighted by molar-refractivity contribution is 7.89. The quantitative estimate of drug-likeness (QED) is 0.711. The van der Waals surface area contributed by atoms with Gasteiger partial charge in [0.05, 0.1) is 4.90 Å². The van der Waals surface area contributed by atoms with Gasteiger partial charge in [-0.2, -0.15) is 4.31 Å². The Bertz CT molecular complexity index is 1160. The molecule has 0 aromatic heterocycles. The minimum Gasteiger partial charge on any atom is -0.369 e. The number of piperazine rings is 1. The van der Waals surface area contributed by atoms with Gasteiger partial charge in [0.25, 0.3) is 0 Å². The SMILES string of the molecule is Cc1ccc(C)c(N2CCN(S(=O)(=O)c3ccc4c(c3)C[C@H](C)N4C(=O)C3CC3)CC2)c1. The van der Waals surface area contributed by atoms with E-state index >= 15 is 0 Å². The van der Waals surface area contributed by atoms with Gasteiger partial charge in [-0.1, -0.05) is 12.1 Å². The Morgan fingerprint density at radius 1 is 0.938 bits per heavy atom. The van der Waals surface area contributed by atoms with Crippen molar-refractivity contribution < 1.29 is 13.2 Å². The molecule has 1 saturated heterocycles. The van der Waals surface area contributed by atoms with Crippen LogP contribution in [-0.4, -0.2) is 50.9 Å². The van der Waals surface area contributed by atoms with Crippen molar-refractivity contribution in [2.75, 3.05) is 36.0 Å². The molecule has 2 heterocycles. The first-order valence-electron chi connectivity index (χ1n) is 11.5. The number of fused-ring (bicyclic) bond motifs is 1. The van der Waals surface area contributed by atoms with Crippen LogP contribution in [0, 0.1) is 19.8 Å². The second-order valence-corrected chi connectivity index (χ2v) is 11.4. The molecule has 0 unspecified atom stereocenters. The summed E-state index contributed by atoms with van der Waals surface area (Å²) in [5, 5.41) is 0. The molecule has 6 nitrogen and oxygen atoms in total. The fourth-order valence-electron chi connectivity index (χ4n) is 5.01. The van der Waals surface area contributed by atoms with Gasteiger partial charge in [0, 0.05) is 49.5 Å². The zero-order chi connectivity index (χ0) is 22.6. The van der Waals surface area contributed by atoms with Crippen LogP contribution in [0.25, 0.3) is 0 Å². The van der Waals surface area contributed by atoms with Crippen molar-refractivity contribution in [2.45, 2.75) is 51.0 Å². The molecule has 0 spiro atoms. The molecule has 2 aliphatic heterocycles. The van der Waals surface area contributed by atoms with Crippen LogP contribution in [-0.2, 0) is 21.2 Å². The van der Waals surface area contributed by atoms with E-state index in [4.69, 9.17) is 0 Å². The maximum Gasteiger partial charge on any atom is 0.243 e. The van der Waals surface area contributed by atoms with Crippen molar-refractivity contribution in [3.05, 3.63) is 53.1 Å². The highest BCUT2D eigenvalue weighted by Crippen LogP contribution is 2.40.